The molecule has 0 amide bonds. The van der Waals surface area contributed by atoms with E-state index in [-0.39, 0.29) is 0 Å². The summed E-state index contributed by atoms with van der Waals surface area (Å²) in [6.45, 7) is 3.77. The van der Waals surface area contributed by atoms with E-state index < -0.39 is 5.97 Å². The first kappa shape index (κ1) is 15.5. The van der Waals surface area contributed by atoms with E-state index in [1.165, 1.54) is 22.1 Å². The Balaban J connectivity index is 1.99. The van der Waals surface area contributed by atoms with Gasteiger partial charge in [0.2, 0.25) is 0 Å². The summed E-state index contributed by atoms with van der Waals surface area (Å²) in [5.74, 6) is -0.917. The van der Waals surface area contributed by atoms with Gasteiger partial charge in [0.05, 0.1) is 0 Å². The number of aryl methyl sites for hydroxylation is 1. The molecule has 110 valence electrons. The van der Waals surface area contributed by atoms with Crippen molar-refractivity contribution in [3.8, 4) is 0 Å². The fourth-order valence-corrected chi connectivity index (χ4v) is 3.04. The minimum Gasteiger partial charge on any atom is -0.478 e. The highest BCUT2D eigenvalue weighted by Crippen LogP contribution is 2.20. The molecule has 0 bridgehead atoms. The standard InChI is InChI=1S/C17H19NO2S/c1-13-3-5-14(6-4-13)11-18(2)12-16-15(9-10-21-16)7-8-17(19)20/h3-10H,11-12H2,1-2H3,(H,19,20). The summed E-state index contributed by atoms with van der Waals surface area (Å²) in [7, 11) is 2.07. The molecule has 2 aromatic rings. The summed E-state index contributed by atoms with van der Waals surface area (Å²) < 4.78 is 0. The van der Waals surface area contributed by atoms with Crippen molar-refractivity contribution in [3.63, 3.8) is 0 Å². The second kappa shape index (κ2) is 7.20. The van der Waals surface area contributed by atoms with Gasteiger partial charge in [-0.3, -0.25) is 4.90 Å². The van der Waals surface area contributed by atoms with Crippen LogP contribution in [-0.2, 0) is 17.9 Å². The van der Waals surface area contributed by atoms with Gasteiger partial charge in [-0.1, -0.05) is 29.8 Å². The van der Waals surface area contributed by atoms with Crippen LogP contribution in [0.2, 0.25) is 0 Å². The molecule has 4 heteroatoms. The zero-order valence-corrected chi connectivity index (χ0v) is 13.1. The van der Waals surface area contributed by atoms with Crippen LogP contribution in [0, 0.1) is 6.92 Å². The number of thiophene rings is 1. The Morgan fingerprint density at radius 3 is 2.62 bits per heavy atom. The van der Waals surface area contributed by atoms with Gasteiger partial charge >= 0.3 is 5.97 Å². The Bertz CT molecular complexity index is 628. The van der Waals surface area contributed by atoms with Crippen molar-refractivity contribution < 1.29 is 9.90 Å². The number of benzene rings is 1. The molecule has 2 rings (SSSR count). The SMILES string of the molecule is Cc1ccc(CN(C)Cc2sccc2C=CC(=O)O)cc1. The van der Waals surface area contributed by atoms with E-state index in [4.69, 9.17) is 5.11 Å². The molecule has 0 aliphatic carbocycles. The Hall–Kier alpha value is -1.91. The lowest BCUT2D eigenvalue weighted by molar-refractivity contribution is -0.131. The maximum absolute atomic E-state index is 10.6. The number of aliphatic carboxylic acids is 1. The summed E-state index contributed by atoms with van der Waals surface area (Å²) in [6.07, 6.45) is 2.85. The zero-order valence-electron chi connectivity index (χ0n) is 12.2. The Morgan fingerprint density at radius 1 is 1.24 bits per heavy atom. The Kier molecular flexibility index (Phi) is 5.31. The van der Waals surface area contributed by atoms with Crippen LogP contribution in [-0.4, -0.2) is 23.0 Å². The molecule has 0 radical (unpaired) electrons. The van der Waals surface area contributed by atoms with E-state index in [0.29, 0.717) is 0 Å². The van der Waals surface area contributed by atoms with Gasteiger partial charge in [0.25, 0.3) is 0 Å². The van der Waals surface area contributed by atoms with Gasteiger partial charge in [0, 0.05) is 24.0 Å². The van der Waals surface area contributed by atoms with Crippen molar-refractivity contribution in [3.05, 3.63) is 63.4 Å². The first-order valence-corrected chi connectivity index (χ1v) is 7.64. The minimum absolute atomic E-state index is 0.810. The molecule has 1 heterocycles. The molecule has 0 atom stereocenters. The van der Waals surface area contributed by atoms with Crippen molar-refractivity contribution in [2.24, 2.45) is 0 Å². The molecular formula is C17H19NO2S. The van der Waals surface area contributed by atoms with Crippen LogP contribution in [0.1, 0.15) is 21.6 Å². The molecule has 0 saturated carbocycles. The maximum Gasteiger partial charge on any atom is 0.328 e. The predicted octanol–water partition coefficient (Wildman–Crippen LogP) is 3.79. The van der Waals surface area contributed by atoms with E-state index in [1.807, 2.05) is 11.4 Å². The number of nitrogens with zero attached hydrogens (tertiary/aromatic N) is 1. The number of hydrogen-bond acceptors (Lipinski definition) is 3. The number of hydrogen-bond donors (Lipinski definition) is 1. The smallest absolute Gasteiger partial charge is 0.328 e. The van der Waals surface area contributed by atoms with Gasteiger partial charge in [-0.05, 0) is 42.6 Å². The van der Waals surface area contributed by atoms with Crippen LogP contribution in [0.15, 0.2) is 41.8 Å². The highest BCUT2D eigenvalue weighted by atomic mass is 32.1. The number of carbonyl (C=O) groups is 1. The van der Waals surface area contributed by atoms with Gasteiger partial charge < -0.3 is 5.11 Å². The summed E-state index contributed by atoms with van der Waals surface area (Å²) in [5, 5.41) is 10.7. The van der Waals surface area contributed by atoms with Crippen LogP contribution in [0.3, 0.4) is 0 Å². The van der Waals surface area contributed by atoms with E-state index in [1.54, 1.807) is 17.4 Å². The minimum atomic E-state index is -0.917. The normalized spacial score (nSPS) is 11.4. The maximum atomic E-state index is 10.6. The zero-order chi connectivity index (χ0) is 15.2. The molecule has 0 aliphatic heterocycles. The summed E-state index contributed by atoms with van der Waals surface area (Å²) >= 11 is 1.66. The first-order chi connectivity index (χ1) is 10.0. The predicted molar refractivity (Wildman–Crippen MR) is 87.3 cm³/mol. The molecule has 3 nitrogen and oxygen atoms in total. The average molecular weight is 301 g/mol. The molecule has 0 fully saturated rings. The Labute approximate surface area is 129 Å². The third-order valence-electron chi connectivity index (χ3n) is 3.17. The highest BCUT2D eigenvalue weighted by Gasteiger charge is 2.07. The van der Waals surface area contributed by atoms with Crippen molar-refractivity contribution >= 4 is 23.4 Å². The first-order valence-electron chi connectivity index (χ1n) is 6.76. The number of rotatable bonds is 6. The van der Waals surface area contributed by atoms with Crippen molar-refractivity contribution in [1.82, 2.24) is 4.90 Å². The lowest BCUT2D eigenvalue weighted by atomic mass is 10.1. The van der Waals surface area contributed by atoms with Crippen LogP contribution < -0.4 is 0 Å². The van der Waals surface area contributed by atoms with E-state index >= 15 is 0 Å². The third kappa shape index (κ3) is 4.85. The van der Waals surface area contributed by atoms with E-state index in [2.05, 4.69) is 43.1 Å². The van der Waals surface area contributed by atoms with Crippen molar-refractivity contribution in [1.29, 1.82) is 0 Å². The molecule has 0 aliphatic rings. The van der Waals surface area contributed by atoms with Crippen LogP contribution >= 0.6 is 11.3 Å². The van der Waals surface area contributed by atoms with Gasteiger partial charge in [-0.15, -0.1) is 11.3 Å². The molecule has 0 saturated heterocycles. The van der Waals surface area contributed by atoms with Gasteiger partial charge in [-0.25, -0.2) is 4.79 Å². The van der Waals surface area contributed by atoms with Crippen molar-refractivity contribution in [2.75, 3.05) is 7.05 Å². The summed E-state index contributed by atoms with van der Waals surface area (Å²) in [6, 6.07) is 10.5. The van der Waals surface area contributed by atoms with E-state index in [9.17, 15) is 4.79 Å². The highest BCUT2D eigenvalue weighted by molar-refractivity contribution is 7.10. The monoisotopic (exact) mass is 301 g/mol. The quantitative estimate of drug-likeness (QED) is 0.825. The average Bonchev–Trinajstić information content (AvgIpc) is 2.86. The van der Waals surface area contributed by atoms with Crippen LogP contribution in [0.25, 0.3) is 6.08 Å². The topological polar surface area (TPSA) is 40.5 Å². The molecule has 1 N–H and O–H groups in total. The van der Waals surface area contributed by atoms with Gasteiger partial charge in [-0.2, -0.15) is 0 Å². The molecule has 1 aromatic heterocycles. The fraction of sp³-hybridized carbons (Fsp3) is 0.235. The largest absolute Gasteiger partial charge is 0.478 e. The second-order valence-electron chi connectivity index (χ2n) is 5.13. The third-order valence-corrected chi connectivity index (χ3v) is 4.09. The summed E-state index contributed by atoms with van der Waals surface area (Å²) in [4.78, 5) is 14.0. The van der Waals surface area contributed by atoms with Crippen LogP contribution in [0.5, 0.6) is 0 Å². The molecule has 0 spiro atoms. The molecular weight excluding hydrogens is 282 g/mol. The fourth-order valence-electron chi connectivity index (χ4n) is 2.09. The van der Waals surface area contributed by atoms with Gasteiger partial charge in [0.15, 0.2) is 0 Å². The van der Waals surface area contributed by atoms with Crippen LogP contribution in [0.4, 0.5) is 0 Å². The lowest BCUT2D eigenvalue weighted by Crippen LogP contribution is -2.16. The molecule has 21 heavy (non-hydrogen) atoms. The molecule has 0 unspecified atom stereocenters. The number of carboxylic acids is 1. The number of carboxylic acid groups (broad SMARTS) is 1. The van der Waals surface area contributed by atoms with Crippen molar-refractivity contribution in [2.45, 2.75) is 20.0 Å². The molecule has 1 aromatic carbocycles. The second-order valence-corrected chi connectivity index (χ2v) is 6.13. The van der Waals surface area contributed by atoms with E-state index in [0.717, 1.165) is 18.7 Å². The summed E-state index contributed by atoms with van der Waals surface area (Å²) in [5.41, 5.74) is 3.53. The van der Waals surface area contributed by atoms with Gasteiger partial charge in [0.1, 0.15) is 0 Å². The lowest BCUT2D eigenvalue weighted by Gasteiger charge is -2.16. The Morgan fingerprint density at radius 2 is 1.95 bits per heavy atom.